The fourth-order valence-corrected chi connectivity index (χ4v) is 5.39. The predicted octanol–water partition coefficient (Wildman–Crippen LogP) is 2.49. The van der Waals surface area contributed by atoms with Gasteiger partial charge in [0.1, 0.15) is 17.0 Å². The highest BCUT2D eigenvalue weighted by Crippen LogP contribution is 2.32. The lowest BCUT2D eigenvalue weighted by atomic mass is 9.97. The van der Waals surface area contributed by atoms with Crippen molar-refractivity contribution in [2.45, 2.75) is 11.8 Å². The van der Waals surface area contributed by atoms with Gasteiger partial charge in [0.05, 0.1) is 28.3 Å². The summed E-state index contributed by atoms with van der Waals surface area (Å²) < 4.78 is 34.2. The molecule has 0 amide bonds. The lowest BCUT2D eigenvalue weighted by molar-refractivity contribution is 0.418. The van der Waals surface area contributed by atoms with Crippen LogP contribution in [-0.2, 0) is 10.0 Å². The van der Waals surface area contributed by atoms with Crippen molar-refractivity contribution in [3.63, 3.8) is 0 Å². The number of ether oxygens (including phenoxy) is 1. The number of sulfonamides is 1. The molecule has 170 valence electrons. The Hall–Kier alpha value is -4.24. The highest BCUT2D eigenvalue weighted by atomic mass is 32.2. The van der Waals surface area contributed by atoms with Crippen LogP contribution in [0.25, 0.3) is 27.4 Å². The Labute approximate surface area is 192 Å². The molecule has 0 saturated carbocycles. The molecule has 1 heterocycles. The largest absolute Gasteiger partial charge is 0.512 e. The van der Waals surface area contributed by atoms with E-state index in [1.54, 1.807) is 42.5 Å². The smallest absolute Gasteiger partial charge is 0.281 e. The molecule has 0 bridgehead atoms. The van der Waals surface area contributed by atoms with E-state index in [0.29, 0.717) is 10.6 Å². The number of hydrogen-bond donors (Lipinski definition) is 2. The van der Waals surface area contributed by atoms with Gasteiger partial charge in [-0.05, 0) is 24.4 Å². The zero-order valence-electron chi connectivity index (χ0n) is 18.1. The quantitative estimate of drug-likeness (QED) is 0.410. The average molecular weight is 474 g/mol. The Morgan fingerprint density at radius 1 is 0.971 bits per heavy atom. The van der Waals surface area contributed by atoms with Gasteiger partial charge in [-0.15, -0.1) is 0 Å². The number of aliphatic hydroxyl groups excluding tert-OH is 1. The number of anilines is 1. The van der Waals surface area contributed by atoms with E-state index in [2.05, 4.69) is 9.71 Å². The number of fused-ring (bicyclic) bond motifs is 2. The molecule has 34 heavy (non-hydrogen) atoms. The summed E-state index contributed by atoms with van der Waals surface area (Å²) in [6.07, 6.45) is 0. The lowest BCUT2D eigenvalue weighted by Crippen LogP contribution is -2.32. The van der Waals surface area contributed by atoms with E-state index in [1.807, 2.05) is 0 Å². The molecule has 8 nitrogen and oxygen atoms in total. The van der Waals surface area contributed by atoms with Gasteiger partial charge in [0.15, 0.2) is 5.43 Å². The van der Waals surface area contributed by atoms with E-state index in [0.717, 1.165) is 0 Å². The molecule has 3 aromatic carbocycles. The summed E-state index contributed by atoms with van der Waals surface area (Å²) in [6.45, 7) is 1.36. The summed E-state index contributed by atoms with van der Waals surface area (Å²) in [5.41, 5.74) is -1.04. The highest BCUT2D eigenvalue weighted by Gasteiger charge is 2.23. The van der Waals surface area contributed by atoms with Crippen LogP contribution in [0.5, 0.6) is 5.75 Å². The molecule has 5 rings (SSSR count). The maximum atomic E-state index is 13.7. The SMILES string of the molecule is COc1cc(NS(=O)(=O)c2ccccc2)c2c3c1nc(=O)/c(=C(/C)O)c=3c1ccccc1c2=O. The van der Waals surface area contributed by atoms with Crippen LogP contribution in [0, 0.1) is 10.4 Å². The van der Waals surface area contributed by atoms with Gasteiger partial charge >= 0.3 is 0 Å². The van der Waals surface area contributed by atoms with E-state index in [-0.39, 0.29) is 48.8 Å². The summed E-state index contributed by atoms with van der Waals surface area (Å²) >= 11 is 0. The van der Waals surface area contributed by atoms with E-state index < -0.39 is 21.0 Å². The van der Waals surface area contributed by atoms with E-state index in [9.17, 15) is 23.1 Å². The van der Waals surface area contributed by atoms with Crippen LogP contribution in [0.4, 0.5) is 5.69 Å². The van der Waals surface area contributed by atoms with Gasteiger partial charge in [-0.3, -0.25) is 14.3 Å². The Morgan fingerprint density at radius 3 is 2.26 bits per heavy atom. The van der Waals surface area contributed by atoms with Crippen LogP contribution in [0.3, 0.4) is 0 Å². The molecule has 1 aliphatic heterocycles. The van der Waals surface area contributed by atoms with Crippen LogP contribution >= 0.6 is 0 Å². The summed E-state index contributed by atoms with van der Waals surface area (Å²) in [7, 11) is -2.70. The van der Waals surface area contributed by atoms with Crippen LogP contribution in [0.15, 0.2) is 75.1 Å². The minimum atomic E-state index is -4.06. The van der Waals surface area contributed by atoms with Crippen LogP contribution in [0.2, 0.25) is 0 Å². The fourth-order valence-electron chi connectivity index (χ4n) is 4.31. The predicted molar refractivity (Wildman–Crippen MR) is 129 cm³/mol. The summed E-state index contributed by atoms with van der Waals surface area (Å²) in [5.74, 6) is -0.157. The normalized spacial score (nSPS) is 12.9. The molecular weight excluding hydrogens is 456 g/mol. The molecule has 0 saturated heterocycles. The van der Waals surface area contributed by atoms with Crippen molar-refractivity contribution < 1.29 is 18.3 Å². The van der Waals surface area contributed by atoms with Gasteiger partial charge in [0.25, 0.3) is 15.6 Å². The van der Waals surface area contributed by atoms with Crippen molar-refractivity contribution in [3.05, 3.63) is 96.9 Å². The lowest BCUT2D eigenvalue weighted by Gasteiger charge is -2.15. The minimum absolute atomic E-state index is 0.0124. The van der Waals surface area contributed by atoms with Crippen molar-refractivity contribution in [1.29, 1.82) is 0 Å². The molecule has 9 heteroatoms. The van der Waals surface area contributed by atoms with Gasteiger partial charge in [0, 0.05) is 21.9 Å². The molecule has 1 aliphatic carbocycles. The van der Waals surface area contributed by atoms with E-state index in [1.165, 1.54) is 32.2 Å². The van der Waals surface area contributed by atoms with Gasteiger partial charge in [-0.1, -0.05) is 42.5 Å². The maximum Gasteiger partial charge on any atom is 0.281 e. The first kappa shape index (κ1) is 21.6. The molecule has 0 spiro atoms. The van der Waals surface area contributed by atoms with Gasteiger partial charge in [-0.2, -0.15) is 0 Å². The first-order valence-corrected chi connectivity index (χ1v) is 11.7. The number of benzene rings is 3. The Bertz CT molecular complexity index is 1940. The van der Waals surface area contributed by atoms with E-state index >= 15 is 0 Å². The Kier molecular flexibility index (Phi) is 4.87. The second kappa shape index (κ2) is 7.67. The molecular formula is C25H18N2O6S. The minimum Gasteiger partial charge on any atom is -0.512 e. The molecule has 0 radical (unpaired) electrons. The van der Waals surface area contributed by atoms with Crippen molar-refractivity contribution >= 4 is 43.1 Å². The average Bonchev–Trinajstić information content (AvgIpc) is 2.82. The number of rotatable bonds is 4. The molecule has 3 aromatic rings. The molecule has 0 aromatic heterocycles. The van der Waals surface area contributed by atoms with Gasteiger partial charge in [-0.25, -0.2) is 13.4 Å². The number of aromatic nitrogens is 1. The van der Waals surface area contributed by atoms with Crippen molar-refractivity contribution in [2.75, 3.05) is 11.8 Å². The molecule has 2 aliphatic rings. The molecule has 2 N–H and O–H groups in total. The fraction of sp³-hybridized carbons (Fsp3) is 0.0800. The monoisotopic (exact) mass is 474 g/mol. The van der Waals surface area contributed by atoms with Gasteiger partial charge < -0.3 is 9.84 Å². The molecule has 0 unspecified atom stereocenters. The van der Waals surface area contributed by atoms with Crippen molar-refractivity contribution in [2.24, 2.45) is 0 Å². The number of aliphatic hydroxyl groups is 1. The third-order valence-corrected chi connectivity index (χ3v) is 7.12. The van der Waals surface area contributed by atoms with Gasteiger partial charge in [0.2, 0.25) is 0 Å². The zero-order chi connectivity index (χ0) is 24.2. The summed E-state index contributed by atoms with van der Waals surface area (Å²) in [4.78, 5) is 30.7. The second-order valence-electron chi connectivity index (χ2n) is 7.77. The van der Waals surface area contributed by atoms with Crippen molar-refractivity contribution in [3.8, 4) is 5.75 Å². The first-order chi connectivity index (χ1) is 16.2. The van der Waals surface area contributed by atoms with E-state index in [4.69, 9.17) is 4.74 Å². The number of nitrogens with zero attached hydrogens (tertiary/aromatic N) is 1. The zero-order valence-corrected chi connectivity index (χ0v) is 18.9. The highest BCUT2D eigenvalue weighted by molar-refractivity contribution is 7.92. The Balaban J connectivity index is 2.08. The number of methoxy groups -OCH3 is 1. The summed E-state index contributed by atoms with van der Waals surface area (Å²) in [6, 6.07) is 15.7. The van der Waals surface area contributed by atoms with Crippen LogP contribution in [-0.4, -0.2) is 25.6 Å². The topological polar surface area (TPSA) is 123 Å². The summed E-state index contributed by atoms with van der Waals surface area (Å²) in [5, 5.41) is 11.6. The molecule has 0 fully saturated rings. The number of hydrogen-bond acceptors (Lipinski definition) is 7. The second-order valence-corrected chi connectivity index (χ2v) is 9.45. The third kappa shape index (κ3) is 3.12. The van der Waals surface area contributed by atoms with Crippen LogP contribution < -0.4 is 25.7 Å². The molecule has 0 atom stereocenters. The maximum absolute atomic E-state index is 13.7. The number of nitrogens with one attached hydrogen (secondary N) is 1. The van der Waals surface area contributed by atoms with Crippen molar-refractivity contribution in [1.82, 2.24) is 4.98 Å². The Morgan fingerprint density at radius 2 is 1.62 bits per heavy atom. The standard InChI is InChI=1S/C25H18N2O6S/c1-13(28)19-20-15-10-6-7-11-16(15)24(29)21-17(27-34(31,32)14-8-4-3-5-9-14)12-18(33-2)23(22(20)21)26-25(19)30/h3-12,27-28H,1-2H3/b19-13-. The third-order valence-electron chi connectivity index (χ3n) is 5.74. The van der Waals surface area contributed by atoms with Crippen LogP contribution in [0.1, 0.15) is 6.92 Å². The first-order valence-electron chi connectivity index (χ1n) is 10.2.